The lowest BCUT2D eigenvalue weighted by atomic mass is 10.0. The minimum atomic E-state index is -0.387. The van der Waals surface area contributed by atoms with E-state index in [2.05, 4.69) is 13.8 Å². The topological polar surface area (TPSA) is 52.3 Å². The van der Waals surface area contributed by atoms with Crippen molar-refractivity contribution >= 4 is 11.7 Å². The first kappa shape index (κ1) is 16.1. The third-order valence-electron chi connectivity index (χ3n) is 3.66. The van der Waals surface area contributed by atoms with Crippen LogP contribution in [0.3, 0.4) is 0 Å². The van der Waals surface area contributed by atoms with Crippen LogP contribution in [0.4, 0.5) is 5.69 Å². The van der Waals surface area contributed by atoms with E-state index in [1.165, 1.54) is 5.56 Å². The number of esters is 1. The molecule has 3 nitrogen and oxygen atoms in total. The molecule has 0 aliphatic rings. The minimum Gasteiger partial charge on any atom is -0.423 e. The van der Waals surface area contributed by atoms with Gasteiger partial charge in [-0.25, -0.2) is 4.79 Å². The first-order valence-corrected chi connectivity index (χ1v) is 7.63. The Bertz CT molecular complexity index is 645. The molecule has 0 fully saturated rings. The summed E-state index contributed by atoms with van der Waals surface area (Å²) < 4.78 is 5.38. The van der Waals surface area contributed by atoms with E-state index in [1.807, 2.05) is 37.3 Å². The normalized spacial score (nSPS) is 10.7. The van der Waals surface area contributed by atoms with Crippen molar-refractivity contribution in [2.45, 2.75) is 33.6 Å². The minimum absolute atomic E-state index is 0.387. The number of carbonyl (C=O) groups is 1. The highest BCUT2D eigenvalue weighted by Gasteiger charge is 2.10. The van der Waals surface area contributed by atoms with Crippen LogP contribution in [0, 0.1) is 12.8 Å². The SMILES string of the molecule is Cc1ccc(C(=O)Oc2ccc(CCC(C)C)cc2)cc1N. The van der Waals surface area contributed by atoms with E-state index >= 15 is 0 Å². The zero-order valence-corrected chi connectivity index (χ0v) is 13.4. The fourth-order valence-corrected chi connectivity index (χ4v) is 2.11. The lowest BCUT2D eigenvalue weighted by molar-refractivity contribution is 0.0735. The van der Waals surface area contributed by atoms with Crippen molar-refractivity contribution in [3.63, 3.8) is 0 Å². The predicted octanol–water partition coefficient (Wildman–Crippen LogP) is 4.39. The van der Waals surface area contributed by atoms with Crippen LogP contribution in [-0.4, -0.2) is 5.97 Å². The molecule has 2 N–H and O–H groups in total. The number of nitrogen functional groups attached to an aromatic ring is 1. The molecular formula is C19H23NO2. The molecule has 0 bridgehead atoms. The van der Waals surface area contributed by atoms with Crippen molar-refractivity contribution in [2.75, 3.05) is 5.73 Å². The van der Waals surface area contributed by atoms with Gasteiger partial charge in [-0.3, -0.25) is 0 Å². The van der Waals surface area contributed by atoms with Crippen LogP contribution in [0.25, 0.3) is 0 Å². The van der Waals surface area contributed by atoms with E-state index in [4.69, 9.17) is 10.5 Å². The molecule has 0 amide bonds. The average molecular weight is 297 g/mol. The van der Waals surface area contributed by atoms with Gasteiger partial charge in [0.1, 0.15) is 5.75 Å². The summed E-state index contributed by atoms with van der Waals surface area (Å²) in [6.45, 7) is 6.33. The van der Waals surface area contributed by atoms with Gasteiger partial charge < -0.3 is 10.5 Å². The third kappa shape index (κ3) is 4.35. The second-order valence-electron chi connectivity index (χ2n) is 6.04. The summed E-state index contributed by atoms with van der Waals surface area (Å²) in [5, 5.41) is 0. The smallest absolute Gasteiger partial charge is 0.343 e. The van der Waals surface area contributed by atoms with Crippen molar-refractivity contribution in [3.8, 4) is 5.75 Å². The number of aryl methyl sites for hydroxylation is 2. The Balaban J connectivity index is 2.00. The van der Waals surface area contributed by atoms with Crippen LogP contribution < -0.4 is 10.5 Å². The van der Waals surface area contributed by atoms with E-state index < -0.39 is 0 Å². The van der Waals surface area contributed by atoms with Crippen molar-refractivity contribution in [3.05, 3.63) is 59.2 Å². The van der Waals surface area contributed by atoms with E-state index in [1.54, 1.807) is 12.1 Å². The Morgan fingerprint density at radius 2 is 1.82 bits per heavy atom. The van der Waals surface area contributed by atoms with Crippen molar-refractivity contribution in [1.82, 2.24) is 0 Å². The molecule has 2 rings (SSSR count). The number of carbonyl (C=O) groups excluding carboxylic acids is 1. The van der Waals surface area contributed by atoms with Gasteiger partial charge in [0, 0.05) is 5.69 Å². The molecule has 0 radical (unpaired) electrons. The number of benzene rings is 2. The van der Waals surface area contributed by atoms with Gasteiger partial charge >= 0.3 is 5.97 Å². The fourth-order valence-electron chi connectivity index (χ4n) is 2.11. The largest absolute Gasteiger partial charge is 0.423 e. The van der Waals surface area contributed by atoms with Crippen LogP contribution in [0.5, 0.6) is 5.75 Å². The molecule has 0 aliphatic heterocycles. The van der Waals surface area contributed by atoms with Crippen molar-refractivity contribution < 1.29 is 9.53 Å². The maximum Gasteiger partial charge on any atom is 0.343 e. The van der Waals surface area contributed by atoms with E-state index in [-0.39, 0.29) is 5.97 Å². The molecule has 2 aromatic rings. The standard InChI is InChI=1S/C19H23NO2/c1-13(2)4-6-15-7-10-17(11-8-15)22-19(21)16-9-5-14(3)18(20)12-16/h5,7-13H,4,6,20H2,1-3H3. The first-order chi connectivity index (χ1) is 10.5. The van der Waals surface area contributed by atoms with Gasteiger partial charge in [0.15, 0.2) is 0 Å². The second-order valence-corrected chi connectivity index (χ2v) is 6.04. The molecule has 22 heavy (non-hydrogen) atoms. The molecule has 0 heterocycles. The predicted molar refractivity (Wildman–Crippen MR) is 90.2 cm³/mol. The fraction of sp³-hybridized carbons (Fsp3) is 0.316. The molecule has 0 aromatic heterocycles. The van der Waals surface area contributed by atoms with Gasteiger partial charge in [0.05, 0.1) is 5.56 Å². The third-order valence-corrected chi connectivity index (χ3v) is 3.66. The van der Waals surface area contributed by atoms with Gasteiger partial charge in [0.2, 0.25) is 0 Å². The Kier molecular flexibility index (Phi) is 5.21. The molecule has 0 saturated carbocycles. The van der Waals surface area contributed by atoms with Crippen LogP contribution in [-0.2, 0) is 6.42 Å². The lowest BCUT2D eigenvalue weighted by Gasteiger charge is -2.08. The zero-order chi connectivity index (χ0) is 16.1. The lowest BCUT2D eigenvalue weighted by Crippen LogP contribution is -2.09. The highest BCUT2D eigenvalue weighted by molar-refractivity contribution is 5.92. The molecule has 0 unspecified atom stereocenters. The molecular weight excluding hydrogens is 274 g/mol. The highest BCUT2D eigenvalue weighted by Crippen LogP contribution is 2.18. The van der Waals surface area contributed by atoms with Gasteiger partial charge in [-0.15, -0.1) is 0 Å². The van der Waals surface area contributed by atoms with Crippen LogP contribution in [0.1, 0.15) is 41.8 Å². The Hall–Kier alpha value is -2.29. The first-order valence-electron chi connectivity index (χ1n) is 7.63. The van der Waals surface area contributed by atoms with Gasteiger partial charge in [0.25, 0.3) is 0 Å². The zero-order valence-electron chi connectivity index (χ0n) is 13.4. The summed E-state index contributed by atoms with van der Waals surface area (Å²) in [6, 6.07) is 12.9. The summed E-state index contributed by atoms with van der Waals surface area (Å²) in [5.41, 5.74) is 9.09. The number of anilines is 1. The Labute approximate surface area is 132 Å². The summed E-state index contributed by atoms with van der Waals surface area (Å²) in [5.74, 6) is 0.851. The van der Waals surface area contributed by atoms with Gasteiger partial charge in [-0.2, -0.15) is 0 Å². The molecule has 3 heteroatoms. The van der Waals surface area contributed by atoms with Gasteiger partial charge in [-0.1, -0.05) is 32.0 Å². The maximum atomic E-state index is 12.1. The molecule has 2 aromatic carbocycles. The Morgan fingerprint density at radius 3 is 2.41 bits per heavy atom. The van der Waals surface area contributed by atoms with E-state index in [9.17, 15) is 4.79 Å². The van der Waals surface area contributed by atoms with Crippen LogP contribution in [0.2, 0.25) is 0 Å². The quantitative estimate of drug-likeness (QED) is 0.506. The number of hydrogen-bond donors (Lipinski definition) is 1. The number of hydrogen-bond acceptors (Lipinski definition) is 3. The highest BCUT2D eigenvalue weighted by atomic mass is 16.5. The molecule has 0 atom stereocenters. The second kappa shape index (κ2) is 7.12. The average Bonchev–Trinajstić information content (AvgIpc) is 2.49. The van der Waals surface area contributed by atoms with Crippen molar-refractivity contribution in [2.24, 2.45) is 5.92 Å². The molecule has 0 spiro atoms. The summed E-state index contributed by atoms with van der Waals surface area (Å²) >= 11 is 0. The summed E-state index contributed by atoms with van der Waals surface area (Å²) in [6.07, 6.45) is 2.20. The van der Waals surface area contributed by atoms with Crippen molar-refractivity contribution in [1.29, 1.82) is 0 Å². The molecule has 116 valence electrons. The van der Waals surface area contributed by atoms with E-state index in [0.29, 0.717) is 22.9 Å². The molecule has 0 saturated heterocycles. The number of nitrogens with two attached hydrogens (primary N) is 1. The van der Waals surface area contributed by atoms with Gasteiger partial charge in [-0.05, 0) is 61.1 Å². The van der Waals surface area contributed by atoms with E-state index in [0.717, 1.165) is 18.4 Å². The van der Waals surface area contributed by atoms with Crippen LogP contribution >= 0.6 is 0 Å². The number of rotatable bonds is 5. The summed E-state index contributed by atoms with van der Waals surface area (Å²) in [7, 11) is 0. The monoisotopic (exact) mass is 297 g/mol. The summed E-state index contributed by atoms with van der Waals surface area (Å²) in [4.78, 5) is 12.1. The molecule has 0 aliphatic carbocycles. The maximum absolute atomic E-state index is 12.1. The number of ether oxygens (including phenoxy) is 1. The van der Waals surface area contributed by atoms with Crippen LogP contribution in [0.15, 0.2) is 42.5 Å². The Morgan fingerprint density at radius 1 is 1.14 bits per heavy atom.